The van der Waals surface area contributed by atoms with Gasteiger partial charge in [-0.05, 0) is 19.3 Å². The topological polar surface area (TPSA) is 49.8 Å². The summed E-state index contributed by atoms with van der Waals surface area (Å²) >= 11 is 0. The number of carbonyl (C=O) groups is 1. The van der Waals surface area contributed by atoms with E-state index in [1.807, 2.05) is 13.8 Å². The lowest BCUT2D eigenvalue weighted by Gasteiger charge is -2.06. The Morgan fingerprint density at radius 3 is 2.67 bits per heavy atom. The van der Waals surface area contributed by atoms with E-state index in [0.29, 0.717) is 12.2 Å². The van der Waals surface area contributed by atoms with Crippen LogP contribution in [0.5, 0.6) is 0 Å². The molecule has 0 aliphatic carbocycles. The van der Waals surface area contributed by atoms with Gasteiger partial charge in [-0.2, -0.15) is 0 Å². The van der Waals surface area contributed by atoms with Crippen LogP contribution in [-0.2, 0) is 9.53 Å². The standard InChI is InChI=1S/C12H22O3/c1-3-9(2)10(14)6-4-5-7-11-12(8-13)15-11/h9,11-13H,3-8H2,1-2H3/t9-,11-,12-/m0/s1. The Balaban J connectivity index is 1.95. The Morgan fingerprint density at radius 2 is 2.13 bits per heavy atom. The largest absolute Gasteiger partial charge is 0.394 e. The second-order valence-electron chi connectivity index (χ2n) is 4.42. The molecular weight excluding hydrogens is 192 g/mol. The van der Waals surface area contributed by atoms with Crippen molar-refractivity contribution in [2.75, 3.05) is 6.61 Å². The summed E-state index contributed by atoms with van der Waals surface area (Å²) in [5.41, 5.74) is 0. The highest BCUT2D eigenvalue weighted by molar-refractivity contribution is 5.80. The Labute approximate surface area is 91.8 Å². The predicted octanol–water partition coefficient (Wildman–Crippen LogP) is 1.92. The van der Waals surface area contributed by atoms with Gasteiger partial charge in [0.25, 0.3) is 0 Å². The van der Waals surface area contributed by atoms with E-state index in [-0.39, 0.29) is 24.7 Å². The van der Waals surface area contributed by atoms with E-state index in [0.717, 1.165) is 25.7 Å². The molecule has 3 nitrogen and oxygen atoms in total. The van der Waals surface area contributed by atoms with E-state index < -0.39 is 0 Å². The maximum Gasteiger partial charge on any atom is 0.135 e. The molecule has 0 bridgehead atoms. The van der Waals surface area contributed by atoms with Gasteiger partial charge >= 0.3 is 0 Å². The van der Waals surface area contributed by atoms with Crippen LogP contribution < -0.4 is 0 Å². The van der Waals surface area contributed by atoms with Crippen molar-refractivity contribution in [2.45, 2.75) is 58.2 Å². The van der Waals surface area contributed by atoms with Gasteiger partial charge in [-0.25, -0.2) is 0 Å². The first-order valence-electron chi connectivity index (χ1n) is 5.98. The van der Waals surface area contributed by atoms with Gasteiger partial charge in [-0.3, -0.25) is 4.79 Å². The van der Waals surface area contributed by atoms with Gasteiger partial charge in [0.2, 0.25) is 0 Å². The molecule has 88 valence electrons. The first-order valence-corrected chi connectivity index (χ1v) is 5.98. The highest BCUT2D eigenvalue weighted by Gasteiger charge is 2.36. The second-order valence-corrected chi connectivity index (χ2v) is 4.42. The van der Waals surface area contributed by atoms with Crippen LogP contribution in [0, 0.1) is 5.92 Å². The summed E-state index contributed by atoms with van der Waals surface area (Å²) in [5, 5.41) is 8.75. The Bertz CT molecular complexity index is 203. The van der Waals surface area contributed by atoms with Crippen LogP contribution in [0.3, 0.4) is 0 Å². The maximum absolute atomic E-state index is 11.5. The molecule has 1 rings (SSSR count). The van der Waals surface area contributed by atoms with Crippen molar-refractivity contribution >= 4 is 5.78 Å². The molecule has 1 fully saturated rings. The van der Waals surface area contributed by atoms with Crippen molar-refractivity contribution in [2.24, 2.45) is 5.92 Å². The number of Topliss-reactive ketones (excluding diaryl/α,β-unsaturated/α-hetero) is 1. The quantitative estimate of drug-likeness (QED) is 0.496. The number of carbonyl (C=O) groups excluding carboxylic acids is 1. The molecule has 3 heteroatoms. The minimum Gasteiger partial charge on any atom is -0.394 e. The molecule has 1 aliphatic heterocycles. The number of hydrogen-bond acceptors (Lipinski definition) is 3. The Kier molecular flexibility index (Phi) is 5.26. The van der Waals surface area contributed by atoms with Crippen molar-refractivity contribution in [3.05, 3.63) is 0 Å². The first-order chi connectivity index (χ1) is 7.19. The normalized spacial score (nSPS) is 26.3. The minimum atomic E-state index is 0.0790. The number of epoxide rings is 1. The molecule has 3 atom stereocenters. The Hall–Kier alpha value is -0.410. The molecule has 1 N–H and O–H groups in total. The van der Waals surface area contributed by atoms with Gasteiger partial charge < -0.3 is 9.84 Å². The molecule has 0 spiro atoms. The van der Waals surface area contributed by atoms with Crippen LogP contribution in [0.25, 0.3) is 0 Å². The summed E-state index contributed by atoms with van der Waals surface area (Å²) in [6, 6.07) is 0. The van der Waals surface area contributed by atoms with Crippen LogP contribution in [0.4, 0.5) is 0 Å². The van der Waals surface area contributed by atoms with Crippen molar-refractivity contribution in [3.8, 4) is 0 Å². The van der Waals surface area contributed by atoms with E-state index in [1.54, 1.807) is 0 Å². The second kappa shape index (κ2) is 6.23. The monoisotopic (exact) mass is 214 g/mol. The molecule has 15 heavy (non-hydrogen) atoms. The van der Waals surface area contributed by atoms with E-state index in [4.69, 9.17) is 9.84 Å². The zero-order chi connectivity index (χ0) is 11.3. The summed E-state index contributed by atoms with van der Waals surface area (Å²) < 4.78 is 5.21. The smallest absolute Gasteiger partial charge is 0.135 e. The van der Waals surface area contributed by atoms with E-state index >= 15 is 0 Å². The number of hydrogen-bond donors (Lipinski definition) is 1. The van der Waals surface area contributed by atoms with Gasteiger partial charge in [-0.1, -0.05) is 20.3 Å². The Morgan fingerprint density at radius 1 is 1.40 bits per heavy atom. The lowest BCUT2D eigenvalue weighted by molar-refractivity contribution is -0.122. The molecule has 0 aromatic heterocycles. The summed E-state index contributed by atoms with van der Waals surface area (Å²) in [6.45, 7) is 4.18. The molecule has 0 unspecified atom stereocenters. The molecular formula is C12H22O3. The van der Waals surface area contributed by atoms with E-state index in [9.17, 15) is 4.79 Å². The highest BCUT2D eigenvalue weighted by Crippen LogP contribution is 2.26. The zero-order valence-corrected chi connectivity index (χ0v) is 9.74. The molecule has 1 aliphatic rings. The van der Waals surface area contributed by atoms with Crippen LogP contribution in [0.1, 0.15) is 46.0 Å². The third-order valence-electron chi connectivity index (χ3n) is 3.19. The van der Waals surface area contributed by atoms with Crippen LogP contribution in [0.15, 0.2) is 0 Å². The fraction of sp³-hybridized carbons (Fsp3) is 0.917. The van der Waals surface area contributed by atoms with Crippen LogP contribution in [0.2, 0.25) is 0 Å². The van der Waals surface area contributed by atoms with Crippen molar-refractivity contribution < 1.29 is 14.6 Å². The van der Waals surface area contributed by atoms with Crippen molar-refractivity contribution in [1.82, 2.24) is 0 Å². The molecule has 0 aromatic carbocycles. The molecule has 0 radical (unpaired) electrons. The first kappa shape index (κ1) is 12.7. The number of ketones is 1. The molecule has 0 saturated carbocycles. The van der Waals surface area contributed by atoms with Gasteiger partial charge in [0.05, 0.1) is 12.7 Å². The van der Waals surface area contributed by atoms with Gasteiger partial charge in [0.1, 0.15) is 11.9 Å². The van der Waals surface area contributed by atoms with E-state index in [1.165, 1.54) is 0 Å². The van der Waals surface area contributed by atoms with Crippen LogP contribution >= 0.6 is 0 Å². The fourth-order valence-electron chi connectivity index (χ4n) is 1.71. The van der Waals surface area contributed by atoms with Crippen molar-refractivity contribution in [3.63, 3.8) is 0 Å². The zero-order valence-electron chi connectivity index (χ0n) is 9.74. The highest BCUT2D eigenvalue weighted by atomic mass is 16.6. The summed E-state index contributed by atoms with van der Waals surface area (Å²) in [5.74, 6) is 0.597. The predicted molar refractivity (Wildman–Crippen MR) is 58.7 cm³/mol. The number of aliphatic hydroxyl groups excluding tert-OH is 1. The molecule has 0 aromatic rings. The maximum atomic E-state index is 11.5. The molecule has 1 heterocycles. The SMILES string of the molecule is CC[C@H](C)C(=O)CCCC[C@@H]1O[C@H]1CO. The number of rotatable bonds is 8. The third kappa shape index (κ3) is 4.31. The average molecular weight is 214 g/mol. The van der Waals surface area contributed by atoms with Gasteiger partial charge in [0.15, 0.2) is 0 Å². The summed E-state index contributed by atoms with van der Waals surface area (Å²) in [7, 11) is 0. The number of ether oxygens (including phenoxy) is 1. The molecule has 1 saturated heterocycles. The summed E-state index contributed by atoms with van der Waals surface area (Å²) in [4.78, 5) is 11.5. The number of aliphatic hydroxyl groups is 1. The van der Waals surface area contributed by atoms with Gasteiger partial charge in [0, 0.05) is 12.3 Å². The minimum absolute atomic E-state index is 0.0790. The summed E-state index contributed by atoms with van der Waals surface area (Å²) in [6.07, 6.45) is 4.95. The van der Waals surface area contributed by atoms with Gasteiger partial charge in [-0.15, -0.1) is 0 Å². The van der Waals surface area contributed by atoms with Crippen LogP contribution in [-0.4, -0.2) is 29.7 Å². The van der Waals surface area contributed by atoms with E-state index in [2.05, 4.69) is 0 Å². The van der Waals surface area contributed by atoms with Crippen molar-refractivity contribution in [1.29, 1.82) is 0 Å². The lowest BCUT2D eigenvalue weighted by Crippen LogP contribution is -2.09. The fourth-order valence-corrected chi connectivity index (χ4v) is 1.71. The number of unbranched alkanes of at least 4 members (excludes halogenated alkanes) is 1. The third-order valence-corrected chi connectivity index (χ3v) is 3.19. The molecule has 0 amide bonds. The lowest BCUT2D eigenvalue weighted by atomic mass is 9.98. The average Bonchev–Trinajstić information content (AvgIpc) is 3.01.